The number of imidazole rings is 1. The Morgan fingerprint density at radius 3 is 2.41 bits per heavy atom. The van der Waals surface area contributed by atoms with Crippen LogP contribution >= 0.6 is 22.6 Å². The van der Waals surface area contributed by atoms with E-state index in [9.17, 15) is 4.79 Å². The minimum atomic E-state index is -0.247. The summed E-state index contributed by atoms with van der Waals surface area (Å²) in [5, 5.41) is 3.37. The zero-order valence-corrected chi connectivity index (χ0v) is 17.9. The predicted molar refractivity (Wildman–Crippen MR) is 124 cm³/mol. The van der Waals surface area contributed by atoms with Crippen LogP contribution in [0.15, 0.2) is 90.1 Å². The molecule has 1 aliphatic rings. The number of fused-ring (bicyclic) bond motifs is 3. The number of carbonyl (C=O) groups is 1. The fraction of sp³-hybridized carbons (Fsp3) is 0.0833. The van der Waals surface area contributed by atoms with Crippen molar-refractivity contribution < 1.29 is 4.79 Å². The first kappa shape index (κ1) is 18.1. The lowest BCUT2D eigenvalue weighted by molar-refractivity contribution is 0.102. The second kappa shape index (κ2) is 7.15. The average Bonchev–Trinajstić information content (AvgIpc) is 3.11. The quantitative estimate of drug-likeness (QED) is 0.291. The number of hydrogen-bond donors (Lipinski definition) is 1. The van der Waals surface area contributed by atoms with Gasteiger partial charge >= 0.3 is 0 Å². The molecule has 0 aliphatic carbocycles. The highest BCUT2D eigenvalue weighted by Gasteiger charge is 2.34. The first-order valence-electron chi connectivity index (χ1n) is 9.43. The van der Waals surface area contributed by atoms with Crippen LogP contribution in [0, 0.1) is 3.57 Å². The molecule has 5 rings (SSSR count). The predicted octanol–water partition coefficient (Wildman–Crippen LogP) is 5.81. The standard InChI is InChI=1S/C24H18IN3O/c1-15-21(23(29)17-7-3-2-4-8-17)22(16-11-13-18(25)14-12-16)28-20-10-6-5-9-19(20)27-24(28)26-15/h2-14,22H,1H3,(H,26,27)/t22-/m0/s1. The van der Waals surface area contributed by atoms with Gasteiger partial charge in [0.2, 0.25) is 5.95 Å². The molecule has 142 valence electrons. The van der Waals surface area contributed by atoms with Crippen molar-refractivity contribution >= 4 is 45.4 Å². The highest BCUT2D eigenvalue weighted by atomic mass is 127. The van der Waals surface area contributed by atoms with Crippen LogP contribution in [-0.2, 0) is 0 Å². The van der Waals surface area contributed by atoms with Crippen LogP contribution < -0.4 is 5.32 Å². The molecule has 0 amide bonds. The van der Waals surface area contributed by atoms with E-state index in [1.165, 1.54) is 0 Å². The van der Waals surface area contributed by atoms with E-state index < -0.39 is 0 Å². The Labute approximate surface area is 182 Å². The molecule has 4 aromatic rings. The molecule has 0 bridgehead atoms. The number of hydrogen-bond acceptors (Lipinski definition) is 3. The summed E-state index contributed by atoms with van der Waals surface area (Å²) < 4.78 is 3.30. The minimum absolute atomic E-state index is 0.0302. The van der Waals surface area contributed by atoms with Gasteiger partial charge < -0.3 is 5.32 Å². The summed E-state index contributed by atoms with van der Waals surface area (Å²) in [4.78, 5) is 18.4. The summed E-state index contributed by atoms with van der Waals surface area (Å²) in [7, 11) is 0. The van der Waals surface area contributed by atoms with Crippen molar-refractivity contribution in [2.45, 2.75) is 13.0 Å². The molecule has 4 nitrogen and oxygen atoms in total. The summed E-state index contributed by atoms with van der Waals surface area (Å²) in [5.41, 5.74) is 5.25. The Bertz CT molecular complexity index is 1260. The smallest absolute Gasteiger partial charge is 0.209 e. The number of Topliss-reactive ketones (excluding diaryl/α,β-unsaturated/α-hetero) is 1. The van der Waals surface area contributed by atoms with E-state index in [1.807, 2.05) is 55.5 Å². The first-order chi connectivity index (χ1) is 14.1. The van der Waals surface area contributed by atoms with Gasteiger partial charge in [-0.2, -0.15) is 0 Å². The maximum atomic E-state index is 13.6. The second-order valence-electron chi connectivity index (χ2n) is 7.11. The van der Waals surface area contributed by atoms with Crippen molar-refractivity contribution in [3.8, 4) is 0 Å². The van der Waals surface area contributed by atoms with Gasteiger partial charge in [0.05, 0.1) is 17.1 Å². The number of benzene rings is 3. The van der Waals surface area contributed by atoms with Crippen LogP contribution in [-0.4, -0.2) is 15.3 Å². The summed E-state index contributed by atoms with van der Waals surface area (Å²) in [6, 6.07) is 25.6. The van der Waals surface area contributed by atoms with E-state index in [2.05, 4.69) is 62.8 Å². The van der Waals surface area contributed by atoms with Crippen LogP contribution in [0.5, 0.6) is 0 Å². The normalized spacial score (nSPS) is 15.9. The van der Waals surface area contributed by atoms with Crippen molar-refractivity contribution in [2.75, 3.05) is 5.32 Å². The third-order valence-corrected chi connectivity index (χ3v) is 6.02. The van der Waals surface area contributed by atoms with Gasteiger partial charge in [-0.15, -0.1) is 0 Å². The second-order valence-corrected chi connectivity index (χ2v) is 8.35. The Balaban J connectivity index is 1.76. The topological polar surface area (TPSA) is 46.9 Å². The van der Waals surface area contributed by atoms with E-state index in [4.69, 9.17) is 4.98 Å². The van der Waals surface area contributed by atoms with Gasteiger partial charge in [0.15, 0.2) is 5.78 Å². The number of carbonyl (C=O) groups excluding carboxylic acids is 1. The molecule has 1 aliphatic heterocycles. The SMILES string of the molecule is CC1=C(C(=O)c2ccccc2)[C@H](c2ccc(I)cc2)n2c(nc3ccccc32)N1. The molecule has 5 heteroatoms. The first-order valence-corrected chi connectivity index (χ1v) is 10.5. The lowest BCUT2D eigenvalue weighted by atomic mass is 9.89. The molecular weight excluding hydrogens is 473 g/mol. The maximum Gasteiger partial charge on any atom is 0.209 e. The highest BCUT2D eigenvalue weighted by molar-refractivity contribution is 14.1. The van der Waals surface area contributed by atoms with Gasteiger partial charge in [-0.25, -0.2) is 4.98 Å². The summed E-state index contributed by atoms with van der Waals surface area (Å²) >= 11 is 2.30. The molecule has 0 radical (unpaired) electrons. The number of para-hydroxylation sites is 2. The zero-order chi connectivity index (χ0) is 20.0. The third kappa shape index (κ3) is 3.06. The van der Waals surface area contributed by atoms with Crippen molar-refractivity contribution in [1.29, 1.82) is 0 Å². The van der Waals surface area contributed by atoms with Crippen molar-refractivity contribution in [2.24, 2.45) is 0 Å². The van der Waals surface area contributed by atoms with Gasteiger partial charge in [0.1, 0.15) is 0 Å². The number of rotatable bonds is 3. The molecule has 0 unspecified atom stereocenters. The molecule has 0 saturated carbocycles. The van der Waals surface area contributed by atoms with Crippen LogP contribution in [0.2, 0.25) is 0 Å². The van der Waals surface area contributed by atoms with Crippen LogP contribution in [0.25, 0.3) is 11.0 Å². The maximum absolute atomic E-state index is 13.6. The van der Waals surface area contributed by atoms with Gasteiger partial charge in [-0.3, -0.25) is 9.36 Å². The van der Waals surface area contributed by atoms with E-state index in [0.717, 1.165) is 37.4 Å². The zero-order valence-electron chi connectivity index (χ0n) is 15.8. The number of allylic oxidation sites excluding steroid dienone is 2. The van der Waals surface area contributed by atoms with Crippen molar-refractivity contribution in [1.82, 2.24) is 9.55 Å². The third-order valence-electron chi connectivity index (χ3n) is 5.30. The minimum Gasteiger partial charge on any atom is -0.329 e. The molecule has 29 heavy (non-hydrogen) atoms. The van der Waals surface area contributed by atoms with Gasteiger partial charge in [0.25, 0.3) is 0 Å². The Morgan fingerprint density at radius 1 is 0.966 bits per heavy atom. The van der Waals surface area contributed by atoms with Crippen molar-refractivity contribution in [3.63, 3.8) is 0 Å². The van der Waals surface area contributed by atoms with E-state index in [1.54, 1.807) is 0 Å². The fourth-order valence-electron chi connectivity index (χ4n) is 3.96. The van der Waals surface area contributed by atoms with Gasteiger partial charge in [0, 0.05) is 20.4 Å². The summed E-state index contributed by atoms with van der Waals surface area (Å²) in [6.07, 6.45) is 0. The highest BCUT2D eigenvalue weighted by Crippen LogP contribution is 2.40. The molecule has 1 atom stereocenters. The lowest BCUT2D eigenvalue weighted by Gasteiger charge is -2.30. The Kier molecular flexibility index (Phi) is 4.47. The molecule has 1 aromatic heterocycles. The van der Waals surface area contributed by atoms with Gasteiger partial charge in [-0.05, 0) is 59.3 Å². The largest absolute Gasteiger partial charge is 0.329 e. The fourth-order valence-corrected chi connectivity index (χ4v) is 4.32. The number of nitrogens with zero attached hydrogens (tertiary/aromatic N) is 2. The molecule has 0 spiro atoms. The van der Waals surface area contributed by atoms with E-state index in [0.29, 0.717) is 5.56 Å². The van der Waals surface area contributed by atoms with Crippen LogP contribution in [0.4, 0.5) is 5.95 Å². The number of aromatic nitrogens is 2. The van der Waals surface area contributed by atoms with Crippen molar-refractivity contribution in [3.05, 3.63) is 105 Å². The molecular formula is C24H18IN3O. The average molecular weight is 491 g/mol. The number of halogens is 1. The summed E-state index contributed by atoms with van der Waals surface area (Å²) in [5.74, 6) is 0.791. The van der Waals surface area contributed by atoms with Crippen LogP contribution in [0.1, 0.15) is 28.9 Å². The van der Waals surface area contributed by atoms with E-state index >= 15 is 0 Å². The summed E-state index contributed by atoms with van der Waals surface area (Å²) in [6.45, 7) is 1.96. The molecule has 1 N–H and O–H groups in total. The molecule has 0 saturated heterocycles. The molecule has 2 heterocycles. The number of anilines is 1. The lowest BCUT2D eigenvalue weighted by Crippen LogP contribution is -2.28. The van der Waals surface area contributed by atoms with Crippen LogP contribution in [0.3, 0.4) is 0 Å². The molecule has 3 aromatic carbocycles. The van der Waals surface area contributed by atoms with Gasteiger partial charge in [-0.1, -0.05) is 54.6 Å². The monoisotopic (exact) mass is 491 g/mol. The number of ketones is 1. The molecule has 0 fully saturated rings. The van der Waals surface area contributed by atoms with E-state index in [-0.39, 0.29) is 11.8 Å². The Hall–Kier alpha value is -2.93. The number of nitrogens with one attached hydrogen (secondary N) is 1. The Morgan fingerprint density at radius 2 is 1.66 bits per heavy atom.